The second kappa shape index (κ2) is 13.5. The lowest BCUT2D eigenvalue weighted by atomic mass is 9.41. The first-order valence-electron chi connectivity index (χ1n) is 15.6. The molecular formula is C32H56O7. The van der Waals surface area contributed by atoms with E-state index in [1.165, 1.54) is 32.1 Å². The molecule has 7 nitrogen and oxygen atoms in total. The summed E-state index contributed by atoms with van der Waals surface area (Å²) in [6.07, 6.45) is 11.5. The summed E-state index contributed by atoms with van der Waals surface area (Å²) >= 11 is 0. The van der Waals surface area contributed by atoms with Crippen LogP contribution in [0, 0.1) is 52.3 Å². The van der Waals surface area contributed by atoms with Gasteiger partial charge in [0.1, 0.15) is 13.6 Å². The Balaban J connectivity index is 1.56. The smallest absolute Gasteiger partial charge is 0.307 e. The average Bonchev–Trinajstić information content (AvgIpc) is 3.29. The molecule has 39 heavy (non-hydrogen) atoms. The number of hydrogen-bond acceptors (Lipinski definition) is 7. The standard InChI is InChI=1S/C32H56O7/c1-8-23-27-17-22(37-18-34-5)13-15-32(27,4)26-14-16-31(3)24(21(2)9-12-28(33)38-19-35-6)10-11-25(31)29(26)30(23)39-20-36-7/h21-27,29-30H,8-20H2,1-7H3/t21-,22-,23-,24-,25?,26?,27+,29?,30?,31-,32-/m1/s1. The van der Waals surface area contributed by atoms with Crippen molar-refractivity contribution in [1.29, 1.82) is 0 Å². The Bertz CT molecular complexity index is 790. The summed E-state index contributed by atoms with van der Waals surface area (Å²) in [5, 5.41) is 0. The summed E-state index contributed by atoms with van der Waals surface area (Å²) in [6.45, 7) is 10.7. The molecule has 0 bridgehead atoms. The number of fused-ring (bicyclic) bond motifs is 5. The van der Waals surface area contributed by atoms with Crippen LogP contribution in [0.2, 0.25) is 0 Å². The van der Waals surface area contributed by atoms with Gasteiger partial charge in [-0.15, -0.1) is 0 Å². The first kappa shape index (κ1) is 31.2. The lowest BCUT2D eigenvalue weighted by Gasteiger charge is -2.65. The SMILES string of the molecule is CC[C@H]1C(OCOC)C2C3CC[C@H]([C@H](C)CCC(=O)OCOC)[C@@]3(C)CCC2[C@@]2(C)CC[C@@H](OCOC)C[C@@H]12. The van der Waals surface area contributed by atoms with Gasteiger partial charge in [0.25, 0.3) is 0 Å². The normalized spacial score (nSPS) is 42.3. The Hall–Kier alpha value is -0.730. The van der Waals surface area contributed by atoms with Crippen molar-refractivity contribution in [2.75, 3.05) is 41.7 Å². The molecule has 0 aromatic carbocycles. The van der Waals surface area contributed by atoms with Gasteiger partial charge in [-0.3, -0.25) is 4.79 Å². The van der Waals surface area contributed by atoms with Crippen LogP contribution in [0.4, 0.5) is 0 Å². The second-order valence-electron chi connectivity index (χ2n) is 13.6. The van der Waals surface area contributed by atoms with Gasteiger partial charge in [0.15, 0.2) is 6.79 Å². The maximum absolute atomic E-state index is 12.2. The molecule has 226 valence electrons. The highest BCUT2D eigenvalue weighted by molar-refractivity contribution is 5.69. The summed E-state index contributed by atoms with van der Waals surface area (Å²) in [5.74, 6) is 3.96. The fourth-order valence-electron chi connectivity index (χ4n) is 10.3. The van der Waals surface area contributed by atoms with Gasteiger partial charge in [-0.05, 0) is 104 Å². The summed E-state index contributed by atoms with van der Waals surface area (Å²) in [6, 6.07) is 0. The van der Waals surface area contributed by atoms with E-state index in [1.807, 2.05) is 0 Å². The molecule has 0 heterocycles. The highest BCUT2D eigenvalue weighted by atomic mass is 16.7. The molecule has 4 saturated carbocycles. The zero-order valence-electron chi connectivity index (χ0n) is 25.7. The number of rotatable bonds is 13. The van der Waals surface area contributed by atoms with Crippen molar-refractivity contribution in [3.63, 3.8) is 0 Å². The molecule has 4 fully saturated rings. The van der Waals surface area contributed by atoms with E-state index in [0.29, 0.717) is 66.8 Å². The molecule has 0 saturated heterocycles. The molecule has 0 N–H and O–H groups in total. The van der Waals surface area contributed by atoms with Gasteiger partial charge >= 0.3 is 5.97 Å². The van der Waals surface area contributed by atoms with Crippen LogP contribution in [0.5, 0.6) is 0 Å². The molecule has 0 aromatic rings. The molecule has 0 amide bonds. The van der Waals surface area contributed by atoms with Gasteiger partial charge in [-0.2, -0.15) is 0 Å². The van der Waals surface area contributed by atoms with Crippen molar-refractivity contribution in [3.8, 4) is 0 Å². The molecule has 11 atom stereocenters. The minimum atomic E-state index is -0.151. The number of esters is 1. The summed E-state index contributed by atoms with van der Waals surface area (Å²) < 4.78 is 33.7. The monoisotopic (exact) mass is 552 g/mol. The van der Waals surface area contributed by atoms with Crippen molar-refractivity contribution >= 4 is 5.97 Å². The molecular weight excluding hydrogens is 496 g/mol. The van der Waals surface area contributed by atoms with Crippen molar-refractivity contribution in [2.24, 2.45) is 52.3 Å². The Morgan fingerprint density at radius 2 is 1.51 bits per heavy atom. The van der Waals surface area contributed by atoms with Gasteiger partial charge in [0.2, 0.25) is 0 Å². The van der Waals surface area contributed by atoms with Crippen LogP contribution in [0.1, 0.15) is 91.9 Å². The predicted molar refractivity (Wildman–Crippen MR) is 150 cm³/mol. The largest absolute Gasteiger partial charge is 0.438 e. The Morgan fingerprint density at radius 3 is 2.21 bits per heavy atom. The predicted octanol–water partition coefficient (Wildman–Crippen LogP) is 6.43. The van der Waals surface area contributed by atoms with Gasteiger partial charge in [-0.25, -0.2) is 0 Å². The minimum absolute atomic E-state index is 0.0416. The molecule has 4 aliphatic carbocycles. The van der Waals surface area contributed by atoms with Crippen molar-refractivity contribution in [1.82, 2.24) is 0 Å². The van der Waals surface area contributed by atoms with E-state index >= 15 is 0 Å². The molecule has 0 aromatic heterocycles. The van der Waals surface area contributed by atoms with Gasteiger partial charge in [-0.1, -0.05) is 34.1 Å². The maximum Gasteiger partial charge on any atom is 0.307 e. The van der Waals surface area contributed by atoms with E-state index in [4.69, 9.17) is 28.4 Å². The number of carbonyl (C=O) groups is 1. The van der Waals surface area contributed by atoms with Crippen molar-refractivity contribution < 1.29 is 33.2 Å². The fourth-order valence-corrected chi connectivity index (χ4v) is 10.3. The molecule has 0 aliphatic heterocycles. The molecule has 4 unspecified atom stereocenters. The average molecular weight is 553 g/mol. The third-order valence-corrected chi connectivity index (χ3v) is 12.0. The zero-order chi connectivity index (χ0) is 28.2. The lowest BCUT2D eigenvalue weighted by Crippen LogP contribution is -2.63. The Kier molecular flexibility index (Phi) is 10.8. The van der Waals surface area contributed by atoms with Gasteiger partial charge < -0.3 is 28.4 Å². The van der Waals surface area contributed by atoms with E-state index in [0.717, 1.165) is 25.7 Å². The quantitative estimate of drug-likeness (QED) is 0.192. The van der Waals surface area contributed by atoms with Crippen LogP contribution in [0.3, 0.4) is 0 Å². The van der Waals surface area contributed by atoms with Crippen LogP contribution >= 0.6 is 0 Å². The number of hydrogen-bond donors (Lipinski definition) is 0. The highest BCUT2D eigenvalue weighted by Gasteiger charge is 2.65. The van der Waals surface area contributed by atoms with E-state index in [1.54, 1.807) is 21.3 Å². The second-order valence-corrected chi connectivity index (χ2v) is 13.6. The van der Waals surface area contributed by atoms with Crippen LogP contribution < -0.4 is 0 Å². The summed E-state index contributed by atoms with van der Waals surface area (Å²) in [5.41, 5.74) is 0.604. The van der Waals surface area contributed by atoms with Crippen LogP contribution in [-0.4, -0.2) is 59.9 Å². The summed E-state index contributed by atoms with van der Waals surface area (Å²) in [4.78, 5) is 12.2. The van der Waals surface area contributed by atoms with E-state index < -0.39 is 0 Å². The molecule has 4 aliphatic rings. The van der Waals surface area contributed by atoms with Crippen LogP contribution in [-0.2, 0) is 33.2 Å². The number of methoxy groups -OCH3 is 3. The third kappa shape index (κ3) is 6.09. The van der Waals surface area contributed by atoms with Crippen molar-refractivity contribution in [3.05, 3.63) is 0 Å². The molecule has 4 rings (SSSR count). The summed E-state index contributed by atoms with van der Waals surface area (Å²) in [7, 11) is 5.01. The van der Waals surface area contributed by atoms with Gasteiger partial charge in [0, 0.05) is 27.8 Å². The molecule has 7 heteroatoms. The molecule has 0 spiro atoms. The van der Waals surface area contributed by atoms with Crippen molar-refractivity contribution in [2.45, 2.75) is 104 Å². The highest BCUT2D eigenvalue weighted by Crippen LogP contribution is 2.70. The first-order chi connectivity index (χ1) is 18.7. The van der Waals surface area contributed by atoms with E-state index in [2.05, 4.69) is 27.7 Å². The zero-order valence-corrected chi connectivity index (χ0v) is 25.7. The fraction of sp³-hybridized carbons (Fsp3) is 0.969. The number of carbonyl (C=O) groups excluding carboxylic acids is 1. The maximum atomic E-state index is 12.2. The van der Waals surface area contributed by atoms with Gasteiger partial charge in [0.05, 0.1) is 12.2 Å². The first-order valence-corrected chi connectivity index (χ1v) is 15.6. The van der Waals surface area contributed by atoms with E-state index in [-0.39, 0.29) is 30.4 Å². The number of ether oxygens (including phenoxy) is 6. The topological polar surface area (TPSA) is 72.5 Å². The van der Waals surface area contributed by atoms with E-state index in [9.17, 15) is 4.79 Å². The Labute approximate surface area is 237 Å². The minimum Gasteiger partial charge on any atom is -0.438 e. The lowest BCUT2D eigenvalue weighted by molar-refractivity contribution is -0.239. The Morgan fingerprint density at radius 1 is 0.846 bits per heavy atom. The third-order valence-electron chi connectivity index (χ3n) is 12.0. The molecule has 0 radical (unpaired) electrons. The van der Waals surface area contributed by atoms with Crippen LogP contribution in [0.15, 0.2) is 0 Å². The van der Waals surface area contributed by atoms with Crippen LogP contribution in [0.25, 0.3) is 0 Å².